The van der Waals surface area contributed by atoms with E-state index in [0.717, 1.165) is 76.8 Å². The van der Waals surface area contributed by atoms with Crippen LogP contribution in [0.2, 0.25) is 0 Å². The van der Waals surface area contributed by atoms with Gasteiger partial charge in [0, 0.05) is 44.3 Å². The van der Waals surface area contributed by atoms with Gasteiger partial charge in [-0.1, -0.05) is 84.9 Å². The van der Waals surface area contributed by atoms with E-state index in [4.69, 9.17) is 8.83 Å². The highest BCUT2D eigenvalue weighted by Crippen LogP contribution is 2.45. The Morgan fingerprint density at radius 3 is 1.05 bits per heavy atom. The second-order valence-electron chi connectivity index (χ2n) is 16.5. The van der Waals surface area contributed by atoms with Gasteiger partial charge in [0.15, 0.2) is 0 Å². The van der Waals surface area contributed by atoms with Crippen LogP contribution in [0.1, 0.15) is 33.4 Å². The zero-order valence-corrected chi connectivity index (χ0v) is 34.7. The molecule has 0 amide bonds. The molecule has 4 nitrogen and oxygen atoms in total. The zero-order chi connectivity index (χ0) is 40.8. The molecule has 2 aromatic heterocycles. The molecule has 4 heteroatoms. The number of benzene rings is 9. The van der Waals surface area contributed by atoms with Crippen LogP contribution in [-0.4, -0.2) is 0 Å². The average molecular weight is 777 g/mol. The van der Waals surface area contributed by atoms with Gasteiger partial charge in [0.05, 0.1) is 11.4 Å². The van der Waals surface area contributed by atoms with Crippen LogP contribution < -0.4 is 9.80 Å². The Labute approximate surface area is 349 Å². The van der Waals surface area contributed by atoms with Gasteiger partial charge in [-0.2, -0.15) is 0 Å². The standard InChI is InChI=1S/C56H44N2O2/c1-33-13-7-9-19-49(33)57(55-35(3)15-11-16-36(55)4)43-23-21-39-27-45-47-31-54-48(32-53(47)59-51(45)29-41(39)25-43)46-28-40-22-24-44(26-42(40)30-52(46)60-54)58(50-20-10-8-14-34(50)2)56-37(5)17-12-18-38(56)6/h7-32H,1-6H3. The molecular formula is C56H44N2O2. The normalized spacial score (nSPS) is 11.8. The van der Waals surface area contributed by atoms with Crippen LogP contribution in [0.25, 0.3) is 65.4 Å². The Morgan fingerprint density at radius 2 is 0.650 bits per heavy atom. The van der Waals surface area contributed by atoms with E-state index in [2.05, 4.69) is 209 Å². The van der Waals surface area contributed by atoms with Gasteiger partial charge in [-0.05, 0) is 169 Å². The summed E-state index contributed by atoms with van der Waals surface area (Å²) in [5.74, 6) is 0. The highest BCUT2D eigenvalue weighted by molar-refractivity contribution is 6.18. The minimum absolute atomic E-state index is 0.853. The van der Waals surface area contributed by atoms with E-state index in [-0.39, 0.29) is 0 Å². The molecule has 0 fully saturated rings. The molecule has 2 heterocycles. The van der Waals surface area contributed by atoms with Crippen molar-refractivity contribution in [3.05, 3.63) is 191 Å². The van der Waals surface area contributed by atoms with E-state index in [1.807, 2.05) is 0 Å². The molecular weight excluding hydrogens is 733 g/mol. The molecule has 0 saturated carbocycles. The highest BCUT2D eigenvalue weighted by atomic mass is 16.3. The van der Waals surface area contributed by atoms with Crippen molar-refractivity contribution in [1.29, 1.82) is 0 Å². The fourth-order valence-electron chi connectivity index (χ4n) is 9.51. The summed E-state index contributed by atoms with van der Waals surface area (Å²) in [5, 5.41) is 8.83. The van der Waals surface area contributed by atoms with Crippen molar-refractivity contribution in [3.8, 4) is 0 Å². The van der Waals surface area contributed by atoms with Crippen LogP contribution in [-0.2, 0) is 0 Å². The number of para-hydroxylation sites is 4. The first kappa shape index (κ1) is 35.8. The topological polar surface area (TPSA) is 32.8 Å². The van der Waals surface area contributed by atoms with Crippen molar-refractivity contribution in [1.82, 2.24) is 0 Å². The molecule has 0 radical (unpaired) electrons. The third-order valence-electron chi connectivity index (χ3n) is 12.5. The molecule has 0 N–H and O–H groups in total. The van der Waals surface area contributed by atoms with Crippen molar-refractivity contribution in [2.24, 2.45) is 0 Å². The SMILES string of the molecule is Cc1ccccc1N(c1ccc2cc3c(cc2c1)oc1cc2c(cc13)oc1cc3cc(N(c4ccccc4C)c4c(C)cccc4C)ccc3cc12)c1c(C)cccc1C. The first-order valence-electron chi connectivity index (χ1n) is 20.7. The van der Waals surface area contributed by atoms with Crippen LogP contribution >= 0.6 is 0 Å². The molecule has 0 atom stereocenters. The van der Waals surface area contributed by atoms with Gasteiger partial charge in [0.2, 0.25) is 0 Å². The van der Waals surface area contributed by atoms with Gasteiger partial charge in [0.1, 0.15) is 22.3 Å². The van der Waals surface area contributed by atoms with Gasteiger partial charge < -0.3 is 18.6 Å². The molecule has 11 aromatic rings. The van der Waals surface area contributed by atoms with Gasteiger partial charge in [-0.25, -0.2) is 0 Å². The predicted molar refractivity (Wildman–Crippen MR) is 254 cm³/mol. The minimum Gasteiger partial charge on any atom is -0.456 e. The quantitative estimate of drug-likeness (QED) is 0.168. The fraction of sp³-hybridized carbons (Fsp3) is 0.107. The molecule has 60 heavy (non-hydrogen) atoms. The van der Waals surface area contributed by atoms with Crippen LogP contribution in [0.3, 0.4) is 0 Å². The summed E-state index contributed by atoms with van der Waals surface area (Å²) in [6.45, 7) is 13.1. The number of hydrogen-bond acceptors (Lipinski definition) is 4. The van der Waals surface area contributed by atoms with E-state index in [9.17, 15) is 0 Å². The Bertz CT molecular complexity index is 3260. The number of nitrogens with zero attached hydrogens (tertiary/aromatic N) is 2. The number of aryl methyl sites for hydroxylation is 6. The molecule has 0 bridgehead atoms. The molecule has 0 aliphatic heterocycles. The van der Waals surface area contributed by atoms with Crippen LogP contribution in [0.15, 0.2) is 167 Å². The van der Waals surface area contributed by atoms with Crippen LogP contribution in [0.5, 0.6) is 0 Å². The molecule has 0 spiro atoms. The summed E-state index contributed by atoms with van der Waals surface area (Å²) < 4.78 is 13.4. The lowest BCUT2D eigenvalue weighted by Gasteiger charge is -2.30. The van der Waals surface area contributed by atoms with E-state index in [1.165, 1.54) is 56.1 Å². The molecule has 0 aliphatic rings. The van der Waals surface area contributed by atoms with Gasteiger partial charge in [0.25, 0.3) is 0 Å². The van der Waals surface area contributed by atoms with E-state index < -0.39 is 0 Å². The van der Waals surface area contributed by atoms with Crippen molar-refractivity contribution in [3.63, 3.8) is 0 Å². The summed E-state index contributed by atoms with van der Waals surface area (Å²) in [7, 11) is 0. The predicted octanol–water partition coefficient (Wildman–Crippen LogP) is 16.6. The lowest BCUT2D eigenvalue weighted by molar-refractivity contribution is 0.664. The summed E-state index contributed by atoms with van der Waals surface area (Å²) in [5.41, 5.74) is 17.8. The average Bonchev–Trinajstić information content (AvgIpc) is 3.77. The fourth-order valence-corrected chi connectivity index (χ4v) is 9.51. The van der Waals surface area contributed by atoms with Crippen molar-refractivity contribution >= 4 is 99.5 Å². The Kier molecular flexibility index (Phi) is 8.15. The smallest absolute Gasteiger partial charge is 0.136 e. The number of rotatable bonds is 6. The Morgan fingerprint density at radius 1 is 0.300 bits per heavy atom. The highest BCUT2D eigenvalue weighted by Gasteiger charge is 2.22. The van der Waals surface area contributed by atoms with Crippen molar-refractivity contribution in [2.75, 3.05) is 9.80 Å². The summed E-state index contributed by atoms with van der Waals surface area (Å²) in [6.07, 6.45) is 0. The van der Waals surface area contributed by atoms with Gasteiger partial charge in [-0.3, -0.25) is 0 Å². The lowest BCUT2D eigenvalue weighted by Crippen LogP contribution is -2.14. The molecule has 0 aliphatic carbocycles. The largest absolute Gasteiger partial charge is 0.456 e. The molecule has 9 aromatic carbocycles. The summed E-state index contributed by atoms with van der Waals surface area (Å²) >= 11 is 0. The van der Waals surface area contributed by atoms with Gasteiger partial charge in [-0.15, -0.1) is 0 Å². The maximum absolute atomic E-state index is 6.70. The maximum atomic E-state index is 6.70. The number of fused-ring (bicyclic) bond motifs is 8. The molecule has 11 rings (SSSR count). The van der Waals surface area contributed by atoms with Gasteiger partial charge >= 0.3 is 0 Å². The zero-order valence-electron chi connectivity index (χ0n) is 34.7. The summed E-state index contributed by atoms with van der Waals surface area (Å²) in [4.78, 5) is 4.80. The van der Waals surface area contributed by atoms with E-state index in [0.29, 0.717) is 0 Å². The second kappa shape index (κ2) is 13.6. The number of furan rings is 2. The maximum Gasteiger partial charge on any atom is 0.136 e. The van der Waals surface area contributed by atoms with Crippen LogP contribution in [0.4, 0.5) is 34.1 Å². The number of hydrogen-bond donors (Lipinski definition) is 0. The van der Waals surface area contributed by atoms with Crippen molar-refractivity contribution in [2.45, 2.75) is 41.5 Å². The van der Waals surface area contributed by atoms with E-state index >= 15 is 0 Å². The Balaban J connectivity index is 1.02. The molecule has 290 valence electrons. The third kappa shape index (κ3) is 5.66. The van der Waals surface area contributed by atoms with Crippen molar-refractivity contribution < 1.29 is 8.83 Å². The molecule has 0 unspecified atom stereocenters. The third-order valence-corrected chi connectivity index (χ3v) is 12.5. The van der Waals surface area contributed by atoms with Crippen LogP contribution in [0, 0.1) is 41.5 Å². The monoisotopic (exact) mass is 776 g/mol. The first-order chi connectivity index (χ1) is 29.2. The lowest BCUT2D eigenvalue weighted by atomic mass is 10.0. The molecule has 0 saturated heterocycles. The first-order valence-corrected chi connectivity index (χ1v) is 20.7. The van der Waals surface area contributed by atoms with E-state index in [1.54, 1.807) is 0 Å². The number of anilines is 6. The minimum atomic E-state index is 0.853. The summed E-state index contributed by atoms with van der Waals surface area (Å²) in [6, 6.07) is 57.0. The second-order valence-corrected chi connectivity index (χ2v) is 16.5. The Hall–Kier alpha value is -7.30.